The summed E-state index contributed by atoms with van der Waals surface area (Å²) in [4.78, 5) is 11.0. The predicted molar refractivity (Wildman–Crippen MR) is 96.7 cm³/mol. The summed E-state index contributed by atoms with van der Waals surface area (Å²) in [5.41, 5.74) is 0.373. The number of benzene rings is 1. The van der Waals surface area contributed by atoms with Gasteiger partial charge in [0.2, 0.25) is 5.95 Å². The SMILES string of the molecule is CC(C)(c1cc(Cl)nc(N2CCOCC2)n1)S(=O)(=O)c1ccccc1. The van der Waals surface area contributed by atoms with Crippen molar-refractivity contribution < 1.29 is 13.2 Å². The van der Waals surface area contributed by atoms with Crippen molar-refractivity contribution in [2.45, 2.75) is 23.5 Å². The van der Waals surface area contributed by atoms with E-state index in [0.29, 0.717) is 37.9 Å². The Morgan fingerprint density at radius 3 is 2.40 bits per heavy atom. The van der Waals surface area contributed by atoms with Crippen LogP contribution in [0.15, 0.2) is 41.3 Å². The molecule has 6 nitrogen and oxygen atoms in total. The summed E-state index contributed by atoms with van der Waals surface area (Å²) < 4.78 is 30.3. The highest BCUT2D eigenvalue weighted by atomic mass is 35.5. The van der Waals surface area contributed by atoms with Gasteiger partial charge in [-0.1, -0.05) is 29.8 Å². The first-order valence-electron chi connectivity index (χ1n) is 8.00. The van der Waals surface area contributed by atoms with Crippen molar-refractivity contribution in [1.82, 2.24) is 9.97 Å². The third kappa shape index (κ3) is 3.49. The summed E-state index contributed by atoms with van der Waals surface area (Å²) in [6.45, 7) is 5.72. The van der Waals surface area contributed by atoms with Gasteiger partial charge in [0.25, 0.3) is 0 Å². The van der Waals surface area contributed by atoms with Crippen LogP contribution in [-0.4, -0.2) is 44.7 Å². The lowest BCUT2D eigenvalue weighted by Crippen LogP contribution is -2.38. The third-order valence-corrected chi connectivity index (χ3v) is 6.96. The van der Waals surface area contributed by atoms with Gasteiger partial charge in [-0.25, -0.2) is 18.4 Å². The number of ether oxygens (including phenoxy) is 1. The van der Waals surface area contributed by atoms with Crippen LogP contribution in [-0.2, 0) is 19.3 Å². The maximum atomic E-state index is 13.1. The van der Waals surface area contributed by atoms with Crippen LogP contribution in [0.2, 0.25) is 5.15 Å². The largest absolute Gasteiger partial charge is 0.378 e. The van der Waals surface area contributed by atoms with E-state index in [2.05, 4.69) is 9.97 Å². The molecule has 0 bridgehead atoms. The van der Waals surface area contributed by atoms with Crippen LogP contribution < -0.4 is 4.90 Å². The molecular formula is C17H20ClN3O3S. The second-order valence-electron chi connectivity index (χ2n) is 6.30. The van der Waals surface area contributed by atoms with Gasteiger partial charge >= 0.3 is 0 Å². The van der Waals surface area contributed by atoms with Crippen LogP contribution in [0.4, 0.5) is 5.95 Å². The van der Waals surface area contributed by atoms with Gasteiger partial charge in [0.15, 0.2) is 9.84 Å². The maximum absolute atomic E-state index is 13.1. The van der Waals surface area contributed by atoms with Crippen molar-refractivity contribution >= 4 is 27.4 Å². The standard InChI is InChI=1S/C17H20ClN3O3S/c1-17(2,25(22,23)13-6-4-3-5-7-13)14-12-15(18)20-16(19-14)21-8-10-24-11-9-21/h3-7,12H,8-11H2,1-2H3. The monoisotopic (exact) mass is 381 g/mol. The fourth-order valence-corrected chi connectivity index (χ4v) is 4.31. The molecule has 1 aliphatic heterocycles. The fraction of sp³-hybridized carbons (Fsp3) is 0.412. The first kappa shape index (κ1) is 18.1. The van der Waals surface area contributed by atoms with Crippen LogP contribution in [0.1, 0.15) is 19.5 Å². The number of halogens is 1. The molecule has 0 saturated carbocycles. The number of hydrogen-bond acceptors (Lipinski definition) is 6. The molecule has 1 saturated heterocycles. The molecule has 2 heterocycles. The van der Waals surface area contributed by atoms with Crippen molar-refractivity contribution in [1.29, 1.82) is 0 Å². The zero-order valence-corrected chi connectivity index (χ0v) is 15.7. The molecule has 0 unspecified atom stereocenters. The Labute approximate surface area is 152 Å². The lowest BCUT2D eigenvalue weighted by molar-refractivity contribution is 0.122. The molecule has 8 heteroatoms. The number of hydrogen-bond donors (Lipinski definition) is 0. The quantitative estimate of drug-likeness (QED) is 0.758. The lowest BCUT2D eigenvalue weighted by Gasteiger charge is -2.29. The van der Waals surface area contributed by atoms with Gasteiger partial charge in [-0.3, -0.25) is 0 Å². The Morgan fingerprint density at radius 2 is 1.76 bits per heavy atom. The third-order valence-electron chi connectivity index (χ3n) is 4.32. The molecular weight excluding hydrogens is 362 g/mol. The van der Waals surface area contributed by atoms with Gasteiger partial charge in [-0.05, 0) is 32.0 Å². The Hall–Kier alpha value is -1.70. The number of aromatic nitrogens is 2. The topological polar surface area (TPSA) is 72.4 Å². The average molecular weight is 382 g/mol. The summed E-state index contributed by atoms with van der Waals surface area (Å²) >= 11 is 6.17. The van der Waals surface area contributed by atoms with Gasteiger partial charge in [-0.2, -0.15) is 0 Å². The molecule has 0 N–H and O–H groups in total. The highest BCUT2D eigenvalue weighted by Gasteiger charge is 2.39. The van der Waals surface area contributed by atoms with E-state index in [1.54, 1.807) is 44.2 Å². The summed E-state index contributed by atoms with van der Waals surface area (Å²) in [5.74, 6) is 0.433. The molecule has 25 heavy (non-hydrogen) atoms. The number of morpholine rings is 1. The van der Waals surface area contributed by atoms with Crippen molar-refractivity contribution in [3.8, 4) is 0 Å². The lowest BCUT2D eigenvalue weighted by atomic mass is 10.1. The summed E-state index contributed by atoms with van der Waals surface area (Å²) in [6.07, 6.45) is 0. The molecule has 2 aromatic rings. The second kappa shape index (κ2) is 6.90. The average Bonchev–Trinajstić information content (AvgIpc) is 2.62. The molecule has 0 spiro atoms. The number of nitrogens with zero attached hydrogens (tertiary/aromatic N) is 3. The molecule has 1 aromatic heterocycles. The van der Waals surface area contributed by atoms with E-state index in [-0.39, 0.29) is 10.0 Å². The van der Waals surface area contributed by atoms with Gasteiger partial charge in [0.1, 0.15) is 9.90 Å². The molecule has 1 fully saturated rings. The minimum Gasteiger partial charge on any atom is -0.378 e. The first-order valence-corrected chi connectivity index (χ1v) is 9.86. The van der Waals surface area contributed by atoms with E-state index in [1.165, 1.54) is 6.07 Å². The van der Waals surface area contributed by atoms with Gasteiger partial charge < -0.3 is 9.64 Å². The molecule has 0 amide bonds. The van der Waals surface area contributed by atoms with E-state index in [9.17, 15) is 8.42 Å². The Morgan fingerprint density at radius 1 is 1.12 bits per heavy atom. The predicted octanol–water partition coefficient (Wildman–Crippen LogP) is 2.68. The molecule has 0 atom stereocenters. The van der Waals surface area contributed by atoms with Crippen LogP contribution in [0.25, 0.3) is 0 Å². The van der Waals surface area contributed by atoms with Crippen molar-refractivity contribution in [3.63, 3.8) is 0 Å². The van der Waals surface area contributed by atoms with Crippen LogP contribution >= 0.6 is 11.6 Å². The highest BCUT2D eigenvalue weighted by molar-refractivity contribution is 7.92. The summed E-state index contributed by atoms with van der Waals surface area (Å²) in [6, 6.07) is 9.88. The van der Waals surface area contributed by atoms with Crippen molar-refractivity contribution in [3.05, 3.63) is 47.2 Å². The zero-order valence-electron chi connectivity index (χ0n) is 14.1. The van der Waals surface area contributed by atoms with E-state index in [4.69, 9.17) is 16.3 Å². The number of anilines is 1. The minimum absolute atomic E-state index is 0.225. The van der Waals surface area contributed by atoms with Crippen LogP contribution in [0, 0.1) is 0 Å². The Bertz CT molecular complexity index is 851. The summed E-state index contributed by atoms with van der Waals surface area (Å²) in [5, 5.41) is 0.225. The molecule has 1 aromatic carbocycles. The van der Waals surface area contributed by atoms with Gasteiger partial charge in [0, 0.05) is 13.1 Å². The molecule has 0 aliphatic carbocycles. The van der Waals surface area contributed by atoms with Crippen molar-refractivity contribution in [2.24, 2.45) is 0 Å². The van der Waals surface area contributed by atoms with E-state index in [0.717, 1.165) is 0 Å². The fourth-order valence-electron chi connectivity index (χ4n) is 2.65. The highest BCUT2D eigenvalue weighted by Crippen LogP contribution is 2.35. The number of sulfone groups is 1. The Balaban J connectivity index is 2.03. The molecule has 3 rings (SSSR count). The van der Waals surface area contributed by atoms with E-state index < -0.39 is 14.6 Å². The van der Waals surface area contributed by atoms with Crippen LogP contribution in [0.5, 0.6) is 0 Å². The maximum Gasteiger partial charge on any atom is 0.227 e. The Kier molecular flexibility index (Phi) is 4.99. The minimum atomic E-state index is -3.65. The molecule has 1 aliphatic rings. The smallest absolute Gasteiger partial charge is 0.227 e. The first-order chi connectivity index (χ1) is 11.8. The zero-order chi connectivity index (χ0) is 18.1. The van der Waals surface area contributed by atoms with E-state index in [1.807, 2.05) is 4.90 Å². The van der Waals surface area contributed by atoms with Gasteiger partial charge in [0.05, 0.1) is 23.8 Å². The second-order valence-corrected chi connectivity index (χ2v) is 9.19. The van der Waals surface area contributed by atoms with Gasteiger partial charge in [-0.15, -0.1) is 0 Å². The summed E-state index contributed by atoms with van der Waals surface area (Å²) in [7, 11) is -3.65. The van der Waals surface area contributed by atoms with Crippen LogP contribution in [0.3, 0.4) is 0 Å². The molecule has 0 radical (unpaired) electrons. The molecule has 134 valence electrons. The van der Waals surface area contributed by atoms with Crippen molar-refractivity contribution in [2.75, 3.05) is 31.2 Å². The normalized spacial score (nSPS) is 16.0. The number of rotatable bonds is 4. The van der Waals surface area contributed by atoms with E-state index >= 15 is 0 Å².